The van der Waals surface area contributed by atoms with Crippen LogP contribution in [0.25, 0.3) is 5.69 Å². The molecule has 3 aromatic rings. The molecule has 0 aliphatic carbocycles. The maximum atomic E-state index is 13.3. The quantitative estimate of drug-likeness (QED) is 0.631. The molecule has 7 nitrogen and oxygen atoms in total. The minimum atomic E-state index is -3.56. The first-order valence-corrected chi connectivity index (χ1v) is 11.3. The highest BCUT2D eigenvalue weighted by Crippen LogP contribution is 2.26. The Kier molecular flexibility index (Phi) is 5.87. The minimum absolute atomic E-state index is 0.0390. The zero-order valence-electron chi connectivity index (χ0n) is 17.1. The average molecular weight is 441 g/mol. The highest BCUT2D eigenvalue weighted by atomic mass is 32.2. The van der Waals surface area contributed by atoms with E-state index in [2.05, 4.69) is 26.6 Å². The number of aromatic nitrogens is 3. The molecule has 0 saturated heterocycles. The van der Waals surface area contributed by atoms with Crippen LogP contribution < -0.4 is 4.72 Å². The van der Waals surface area contributed by atoms with E-state index >= 15 is 0 Å². The number of nitrogens with zero attached hydrogens (tertiary/aromatic N) is 3. The molecule has 1 aliphatic heterocycles. The van der Waals surface area contributed by atoms with Crippen molar-refractivity contribution in [3.8, 4) is 17.5 Å². The second kappa shape index (κ2) is 8.59. The molecule has 160 valence electrons. The standard InChI is InChI=1S/C22H21FN4O3S/c1-3-25-31(28,29)19-10-6-17(24-13-19)7-11-21-20-14-30-15(2)12-22(20)27(26-21)18-8-4-16(23)5-9-18/h4-6,8-10,13,15,25H,3,12,14H2,1-2H3. The lowest BCUT2D eigenvalue weighted by atomic mass is 10.1. The maximum absolute atomic E-state index is 13.3. The lowest BCUT2D eigenvalue weighted by molar-refractivity contribution is 0.0397. The summed E-state index contributed by atoms with van der Waals surface area (Å²) in [5.41, 5.74) is 3.59. The SMILES string of the molecule is CCNS(=O)(=O)c1ccc(C#Cc2nn(-c3ccc(F)cc3)c3c2COC(C)C3)nc1. The third kappa shape index (κ3) is 4.51. The van der Waals surface area contributed by atoms with E-state index in [1.54, 1.807) is 29.8 Å². The van der Waals surface area contributed by atoms with Crippen molar-refractivity contribution in [2.75, 3.05) is 6.54 Å². The average Bonchev–Trinajstić information content (AvgIpc) is 3.11. The van der Waals surface area contributed by atoms with Gasteiger partial charge in [-0.2, -0.15) is 5.10 Å². The predicted octanol–water partition coefficient (Wildman–Crippen LogP) is 2.57. The fourth-order valence-corrected chi connectivity index (χ4v) is 4.29. The largest absolute Gasteiger partial charge is 0.373 e. The van der Waals surface area contributed by atoms with E-state index in [0.29, 0.717) is 31.0 Å². The number of hydrogen-bond donors (Lipinski definition) is 1. The van der Waals surface area contributed by atoms with Crippen molar-refractivity contribution in [1.82, 2.24) is 19.5 Å². The molecule has 31 heavy (non-hydrogen) atoms. The van der Waals surface area contributed by atoms with E-state index in [9.17, 15) is 12.8 Å². The summed E-state index contributed by atoms with van der Waals surface area (Å²) < 4.78 is 47.4. The summed E-state index contributed by atoms with van der Waals surface area (Å²) in [6.45, 7) is 4.38. The maximum Gasteiger partial charge on any atom is 0.242 e. The molecule has 0 fully saturated rings. The molecule has 1 N–H and O–H groups in total. The van der Waals surface area contributed by atoms with Crippen molar-refractivity contribution < 1.29 is 17.5 Å². The number of hydrogen-bond acceptors (Lipinski definition) is 5. The van der Waals surface area contributed by atoms with Crippen LogP contribution in [0.3, 0.4) is 0 Å². The highest BCUT2D eigenvalue weighted by molar-refractivity contribution is 7.89. The fourth-order valence-electron chi connectivity index (χ4n) is 3.31. The second-order valence-corrected chi connectivity index (χ2v) is 8.89. The summed E-state index contributed by atoms with van der Waals surface area (Å²) in [4.78, 5) is 4.22. The molecule has 1 unspecified atom stereocenters. The number of rotatable bonds is 4. The summed E-state index contributed by atoms with van der Waals surface area (Å²) in [6.07, 6.45) is 1.98. The molecule has 0 radical (unpaired) electrons. The zero-order valence-corrected chi connectivity index (χ0v) is 17.9. The van der Waals surface area contributed by atoms with Gasteiger partial charge >= 0.3 is 0 Å². The van der Waals surface area contributed by atoms with E-state index in [-0.39, 0.29) is 16.8 Å². The van der Waals surface area contributed by atoms with E-state index in [1.807, 2.05) is 6.92 Å². The van der Waals surface area contributed by atoms with Gasteiger partial charge in [0.25, 0.3) is 0 Å². The molecule has 1 aromatic carbocycles. The van der Waals surface area contributed by atoms with Crippen LogP contribution in [0, 0.1) is 17.7 Å². The number of pyridine rings is 1. The Morgan fingerprint density at radius 2 is 2.00 bits per heavy atom. The van der Waals surface area contributed by atoms with Crippen molar-refractivity contribution in [1.29, 1.82) is 0 Å². The van der Waals surface area contributed by atoms with Crippen molar-refractivity contribution in [2.24, 2.45) is 0 Å². The van der Waals surface area contributed by atoms with E-state index in [0.717, 1.165) is 16.9 Å². The lowest BCUT2D eigenvalue weighted by Gasteiger charge is -2.20. The molecule has 9 heteroatoms. The van der Waals surface area contributed by atoms with Gasteiger partial charge in [-0.05, 0) is 55.2 Å². The van der Waals surface area contributed by atoms with Crippen LogP contribution in [0.5, 0.6) is 0 Å². The lowest BCUT2D eigenvalue weighted by Crippen LogP contribution is -2.23. The van der Waals surface area contributed by atoms with Crippen LogP contribution in [0.1, 0.15) is 36.5 Å². The molecular formula is C22H21FN4O3S. The molecule has 0 spiro atoms. The molecule has 2 aromatic heterocycles. The number of fused-ring (bicyclic) bond motifs is 1. The van der Waals surface area contributed by atoms with Crippen LogP contribution in [-0.2, 0) is 27.8 Å². The third-order valence-corrected chi connectivity index (χ3v) is 6.37. The molecular weight excluding hydrogens is 419 g/mol. The Balaban J connectivity index is 1.68. The molecule has 1 atom stereocenters. The fraction of sp³-hybridized carbons (Fsp3) is 0.273. The van der Waals surface area contributed by atoms with Gasteiger partial charge in [-0.1, -0.05) is 6.92 Å². The van der Waals surface area contributed by atoms with Crippen LogP contribution in [0.4, 0.5) is 4.39 Å². The van der Waals surface area contributed by atoms with Crippen LogP contribution in [-0.4, -0.2) is 35.8 Å². The Hall–Kier alpha value is -3.06. The smallest absolute Gasteiger partial charge is 0.242 e. The highest BCUT2D eigenvalue weighted by Gasteiger charge is 2.25. The normalized spacial score (nSPS) is 15.8. The minimum Gasteiger partial charge on any atom is -0.373 e. The van der Waals surface area contributed by atoms with Gasteiger partial charge in [0.05, 0.1) is 24.1 Å². The van der Waals surface area contributed by atoms with E-state index in [1.165, 1.54) is 24.4 Å². The summed E-state index contributed by atoms with van der Waals surface area (Å²) in [5.74, 6) is 5.65. The Morgan fingerprint density at radius 3 is 2.68 bits per heavy atom. The van der Waals surface area contributed by atoms with Gasteiger partial charge in [-0.15, -0.1) is 0 Å². The molecule has 1 aliphatic rings. The topological polar surface area (TPSA) is 86.1 Å². The van der Waals surface area contributed by atoms with Crippen molar-refractivity contribution in [2.45, 2.75) is 37.9 Å². The van der Waals surface area contributed by atoms with Gasteiger partial charge in [0, 0.05) is 24.7 Å². The first-order chi connectivity index (χ1) is 14.9. The van der Waals surface area contributed by atoms with Crippen LogP contribution >= 0.6 is 0 Å². The second-order valence-electron chi connectivity index (χ2n) is 7.12. The molecule has 3 heterocycles. The zero-order chi connectivity index (χ0) is 22.0. The molecule has 4 rings (SSSR count). The number of halogens is 1. The molecule has 0 amide bonds. The van der Waals surface area contributed by atoms with Gasteiger partial charge in [0.2, 0.25) is 10.0 Å². The molecule has 0 bridgehead atoms. The van der Waals surface area contributed by atoms with E-state index < -0.39 is 10.0 Å². The Morgan fingerprint density at radius 1 is 1.23 bits per heavy atom. The third-order valence-electron chi connectivity index (χ3n) is 4.84. The number of nitrogens with one attached hydrogen (secondary N) is 1. The first kappa shape index (κ1) is 21.2. The molecule has 0 saturated carbocycles. The van der Waals surface area contributed by atoms with Gasteiger partial charge in [0.1, 0.15) is 22.1 Å². The summed E-state index contributed by atoms with van der Waals surface area (Å²) >= 11 is 0. The summed E-state index contributed by atoms with van der Waals surface area (Å²) in [7, 11) is -3.56. The van der Waals surface area contributed by atoms with Crippen molar-refractivity contribution >= 4 is 10.0 Å². The number of ether oxygens (including phenoxy) is 1. The monoisotopic (exact) mass is 440 g/mol. The first-order valence-electron chi connectivity index (χ1n) is 9.83. The van der Waals surface area contributed by atoms with Gasteiger partial charge in [-0.3, -0.25) is 0 Å². The van der Waals surface area contributed by atoms with Crippen molar-refractivity contribution in [3.63, 3.8) is 0 Å². The summed E-state index contributed by atoms with van der Waals surface area (Å²) in [6, 6.07) is 9.15. The van der Waals surface area contributed by atoms with Gasteiger partial charge in [-0.25, -0.2) is 27.2 Å². The van der Waals surface area contributed by atoms with E-state index in [4.69, 9.17) is 4.74 Å². The van der Waals surface area contributed by atoms with Crippen LogP contribution in [0.2, 0.25) is 0 Å². The number of benzene rings is 1. The van der Waals surface area contributed by atoms with Crippen LogP contribution in [0.15, 0.2) is 47.5 Å². The van der Waals surface area contributed by atoms with Crippen molar-refractivity contribution in [3.05, 3.63) is 71.1 Å². The van der Waals surface area contributed by atoms with Gasteiger partial charge in [0.15, 0.2) is 0 Å². The Bertz CT molecular complexity index is 1260. The van der Waals surface area contributed by atoms with Gasteiger partial charge < -0.3 is 4.74 Å². The number of sulfonamides is 1. The predicted molar refractivity (Wildman–Crippen MR) is 113 cm³/mol. The Labute approximate surface area is 180 Å². The summed E-state index contributed by atoms with van der Waals surface area (Å²) in [5, 5.41) is 4.63.